The van der Waals surface area contributed by atoms with Gasteiger partial charge in [-0.05, 0) is 26.3 Å². The number of likely N-dealkylation sites (tertiary alicyclic amines) is 1. The number of piperidine rings is 1. The van der Waals surface area contributed by atoms with E-state index in [9.17, 15) is 4.79 Å². The first-order chi connectivity index (χ1) is 10.6. The number of hydrogen-bond donors (Lipinski definition) is 1. The van der Waals surface area contributed by atoms with Crippen molar-refractivity contribution in [1.29, 1.82) is 0 Å². The van der Waals surface area contributed by atoms with Crippen LogP contribution in [0, 0.1) is 12.8 Å². The summed E-state index contributed by atoms with van der Waals surface area (Å²) < 4.78 is 5.33. The first-order valence-corrected chi connectivity index (χ1v) is 7.53. The van der Waals surface area contributed by atoms with Crippen molar-refractivity contribution in [1.82, 2.24) is 15.0 Å². The van der Waals surface area contributed by atoms with Crippen molar-refractivity contribution in [2.45, 2.75) is 26.3 Å². The minimum absolute atomic E-state index is 0.0757. The summed E-state index contributed by atoms with van der Waals surface area (Å²) in [5.41, 5.74) is 7.53. The van der Waals surface area contributed by atoms with Crippen LogP contribution in [0.5, 0.6) is 0 Å². The van der Waals surface area contributed by atoms with Crippen LogP contribution in [0.2, 0.25) is 0 Å². The number of carbonyl (C=O) groups is 1. The molecule has 2 N–H and O–H groups in total. The zero-order valence-electron chi connectivity index (χ0n) is 12.7. The molecule has 1 aromatic heterocycles. The van der Waals surface area contributed by atoms with E-state index in [-0.39, 0.29) is 11.8 Å². The van der Waals surface area contributed by atoms with E-state index in [0.717, 1.165) is 24.9 Å². The van der Waals surface area contributed by atoms with Gasteiger partial charge in [0.25, 0.3) is 0 Å². The number of benzene rings is 1. The van der Waals surface area contributed by atoms with Crippen LogP contribution in [0.25, 0.3) is 11.4 Å². The van der Waals surface area contributed by atoms with Crippen molar-refractivity contribution in [3.63, 3.8) is 0 Å². The Hall–Kier alpha value is -2.21. The van der Waals surface area contributed by atoms with Gasteiger partial charge < -0.3 is 10.3 Å². The van der Waals surface area contributed by atoms with E-state index < -0.39 is 0 Å². The van der Waals surface area contributed by atoms with E-state index in [1.165, 1.54) is 5.56 Å². The fourth-order valence-corrected chi connectivity index (χ4v) is 2.76. The number of aryl methyl sites for hydroxylation is 1. The number of amides is 1. The summed E-state index contributed by atoms with van der Waals surface area (Å²) in [5, 5.41) is 4.03. The van der Waals surface area contributed by atoms with Gasteiger partial charge in [-0.1, -0.05) is 35.0 Å². The topological polar surface area (TPSA) is 85.3 Å². The van der Waals surface area contributed by atoms with Crippen molar-refractivity contribution >= 4 is 5.91 Å². The van der Waals surface area contributed by atoms with Gasteiger partial charge in [0.05, 0.1) is 12.5 Å². The number of nitrogens with zero attached hydrogens (tertiary/aromatic N) is 3. The first-order valence-electron chi connectivity index (χ1n) is 7.53. The Morgan fingerprint density at radius 3 is 2.91 bits per heavy atom. The van der Waals surface area contributed by atoms with Crippen molar-refractivity contribution in [2.75, 3.05) is 13.1 Å². The summed E-state index contributed by atoms with van der Waals surface area (Å²) >= 11 is 0. The van der Waals surface area contributed by atoms with Crippen LogP contribution in [0.15, 0.2) is 28.8 Å². The molecule has 0 spiro atoms. The first kappa shape index (κ1) is 14.7. The lowest BCUT2D eigenvalue weighted by Gasteiger charge is -2.29. The molecule has 1 fully saturated rings. The maximum absolute atomic E-state index is 11.3. The second kappa shape index (κ2) is 6.27. The highest BCUT2D eigenvalue weighted by atomic mass is 16.5. The van der Waals surface area contributed by atoms with Gasteiger partial charge in [0, 0.05) is 12.1 Å². The molecule has 0 radical (unpaired) electrons. The molecule has 22 heavy (non-hydrogen) atoms. The van der Waals surface area contributed by atoms with Crippen LogP contribution in [0.3, 0.4) is 0 Å². The number of rotatable bonds is 4. The molecule has 116 valence electrons. The van der Waals surface area contributed by atoms with Crippen molar-refractivity contribution in [3.05, 3.63) is 35.7 Å². The number of carbonyl (C=O) groups excluding carboxylic acids is 1. The number of nitrogens with two attached hydrogens (primary N) is 1. The Bertz CT molecular complexity index is 650. The summed E-state index contributed by atoms with van der Waals surface area (Å²) in [5.74, 6) is 0.864. The molecule has 1 aromatic carbocycles. The summed E-state index contributed by atoms with van der Waals surface area (Å²) in [6.07, 6.45) is 1.83. The second-order valence-electron chi connectivity index (χ2n) is 5.85. The molecule has 1 amide bonds. The molecule has 1 saturated heterocycles. The van der Waals surface area contributed by atoms with Crippen molar-refractivity contribution < 1.29 is 9.32 Å². The highest BCUT2D eigenvalue weighted by molar-refractivity contribution is 5.76. The molecule has 2 aromatic rings. The average Bonchev–Trinajstić information content (AvgIpc) is 2.96. The Kier molecular flexibility index (Phi) is 4.20. The molecule has 2 heterocycles. The Morgan fingerprint density at radius 2 is 2.18 bits per heavy atom. The van der Waals surface area contributed by atoms with Gasteiger partial charge in [0.15, 0.2) is 0 Å². The predicted molar refractivity (Wildman–Crippen MR) is 81.7 cm³/mol. The zero-order chi connectivity index (χ0) is 15.5. The van der Waals surface area contributed by atoms with Crippen LogP contribution < -0.4 is 5.73 Å². The third-order valence-corrected chi connectivity index (χ3v) is 4.04. The fraction of sp³-hybridized carbons (Fsp3) is 0.438. The normalized spacial score (nSPS) is 19.2. The van der Waals surface area contributed by atoms with E-state index in [0.29, 0.717) is 24.8 Å². The van der Waals surface area contributed by atoms with E-state index >= 15 is 0 Å². The SMILES string of the molecule is Cc1ccc(-c2noc(CN3CCCC(C(N)=O)C3)n2)cc1. The highest BCUT2D eigenvalue weighted by Crippen LogP contribution is 2.20. The quantitative estimate of drug-likeness (QED) is 0.929. The Labute approximate surface area is 129 Å². The summed E-state index contributed by atoms with van der Waals surface area (Å²) in [7, 11) is 0. The standard InChI is InChI=1S/C16H20N4O2/c1-11-4-6-12(7-5-11)16-18-14(22-19-16)10-20-8-2-3-13(9-20)15(17)21/h4-7,13H,2-3,8-10H2,1H3,(H2,17,21). The molecule has 0 bridgehead atoms. The van der Waals surface area contributed by atoms with Gasteiger partial charge in [-0.25, -0.2) is 0 Å². The molecular weight excluding hydrogens is 280 g/mol. The molecule has 1 aliphatic heterocycles. The van der Waals surface area contributed by atoms with Crippen molar-refractivity contribution in [2.24, 2.45) is 11.7 Å². The van der Waals surface area contributed by atoms with Gasteiger partial charge in [-0.15, -0.1) is 0 Å². The van der Waals surface area contributed by atoms with E-state index in [2.05, 4.69) is 15.0 Å². The molecular formula is C16H20N4O2. The van der Waals surface area contributed by atoms with Gasteiger partial charge in [0.1, 0.15) is 0 Å². The zero-order valence-corrected chi connectivity index (χ0v) is 12.7. The summed E-state index contributed by atoms with van der Waals surface area (Å²) in [4.78, 5) is 17.9. The molecule has 3 rings (SSSR count). The van der Waals surface area contributed by atoms with Crippen LogP contribution in [0.4, 0.5) is 0 Å². The van der Waals surface area contributed by atoms with Gasteiger partial charge in [0.2, 0.25) is 17.6 Å². The van der Waals surface area contributed by atoms with E-state index in [4.69, 9.17) is 10.3 Å². The predicted octanol–water partition coefficient (Wildman–Crippen LogP) is 1.74. The van der Waals surface area contributed by atoms with E-state index in [1.54, 1.807) is 0 Å². The van der Waals surface area contributed by atoms with Crippen LogP contribution in [-0.2, 0) is 11.3 Å². The van der Waals surface area contributed by atoms with Gasteiger partial charge >= 0.3 is 0 Å². The minimum atomic E-state index is -0.226. The van der Waals surface area contributed by atoms with Crippen LogP contribution in [0.1, 0.15) is 24.3 Å². The summed E-state index contributed by atoms with van der Waals surface area (Å²) in [6.45, 7) is 4.18. The molecule has 6 heteroatoms. The van der Waals surface area contributed by atoms with E-state index in [1.807, 2.05) is 31.2 Å². The Morgan fingerprint density at radius 1 is 1.41 bits per heavy atom. The fourth-order valence-electron chi connectivity index (χ4n) is 2.76. The third-order valence-electron chi connectivity index (χ3n) is 4.04. The van der Waals surface area contributed by atoms with Gasteiger partial charge in [-0.3, -0.25) is 9.69 Å². The molecule has 1 unspecified atom stereocenters. The highest BCUT2D eigenvalue weighted by Gasteiger charge is 2.25. The molecule has 0 saturated carbocycles. The number of hydrogen-bond acceptors (Lipinski definition) is 5. The second-order valence-corrected chi connectivity index (χ2v) is 5.85. The number of primary amides is 1. The minimum Gasteiger partial charge on any atom is -0.369 e. The Balaban J connectivity index is 1.66. The maximum Gasteiger partial charge on any atom is 0.241 e. The van der Waals surface area contributed by atoms with Crippen LogP contribution >= 0.6 is 0 Å². The molecule has 1 atom stereocenters. The monoisotopic (exact) mass is 300 g/mol. The lowest BCUT2D eigenvalue weighted by molar-refractivity contribution is -0.123. The largest absolute Gasteiger partial charge is 0.369 e. The molecule has 0 aliphatic carbocycles. The molecule has 6 nitrogen and oxygen atoms in total. The maximum atomic E-state index is 11.3. The van der Waals surface area contributed by atoms with Crippen molar-refractivity contribution in [3.8, 4) is 11.4 Å². The smallest absolute Gasteiger partial charge is 0.241 e. The summed E-state index contributed by atoms with van der Waals surface area (Å²) in [6, 6.07) is 8.00. The van der Waals surface area contributed by atoms with Crippen LogP contribution in [-0.4, -0.2) is 34.0 Å². The van der Waals surface area contributed by atoms with Gasteiger partial charge in [-0.2, -0.15) is 4.98 Å². The lowest BCUT2D eigenvalue weighted by atomic mass is 9.97. The third kappa shape index (κ3) is 3.33. The number of aromatic nitrogens is 2. The molecule has 1 aliphatic rings. The average molecular weight is 300 g/mol. The lowest BCUT2D eigenvalue weighted by Crippen LogP contribution is -2.40.